The molecule has 2 rings (SSSR count). The lowest BCUT2D eigenvalue weighted by molar-refractivity contribution is -0.137. The number of hydrogen-bond acceptors (Lipinski definition) is 6. The van der Waals surface area contributed by atoms with E-state index in [0.29, 0.717) is 18.9 Å². The molecule has 1 heterocycles. The first-order valence-corrected chi connectivity index (χ1v) is 9.17. The molecule has 7 nitrogen and oxygen atoms in total. The van der Waals surface area contributed by atoms with Gasteiger partial charge in [0.2, 0.25) is 0 Å². The van der Waals surface area contributed by atoms with E-state index in [1.54, 1.807) is 19.1 Å². The van der Waals surface area contributed by atoms with Gasteiger partial charge in [0.15, 0.2) is 4.91 Å². The van der Waals surface area contributed by atoms with Gasteiger partial charge in [0.25, 0.3) is 10.0 Å². The predicted octanol–water partition coefficient (Wildman–Crippen LogP) is 1.47. The fourth-order valence-corrected chi connectivity index (χ4v) is 3.55. The summed E-state index contributed by atoms with van der Waals surface area (Å²) < 4.78 is 36.8. The van der Waals surface area contributed by atoms with Crippen LogP contribution in [0.3, 0.4) is 0 Å². The van der Waals surface area contributed by atoms with Crippen molar-refractivity contribution in [1.29, 1.82) is 0 Å². The second-order valence-electron chi connectivity index (χ2n) is 5.26. The van der Waals surface area contributed by atoms with Crippen LogP contribution in [0.15, 0.2) is 35.4 Å². The molecule has 1 N–H and O–H groups in total. The lowest BCUT2D eigenvalue weighted by Gasteiger charge is -2.26. The van der Waals surface area contributed by atoms with Crippen LogP contribution in [0, 0.1) is 6.92 Å². The molecule has 0 radical (unpaired) electrons. The van der Waals surface area contributed by atoms with Gasteiger partial charge in [0, 0.05) is 25.0 Å². The number of aryl methyl sites for hydroxylation is 1. The van der Waals surface area contributed by atoms with Crippen LogP contribution in [0.1, 0.15) is 12.5 Å². The molecule has 0 atom stereocenters. The maximum absolute atomic E-state index is 12.7. The lowest BCUT2D eigenvalue weighted by atomic mass is 10.2. The summed E-state index contributed by atoms with van der Waals surface area (Å²) >= 11 is 0. The number of nitrogens with zero attached hydrogens (tertiary/aromatic N) is 1. The Balaban J connectivity index is 2.27. The number of nitrogens with one attached hydrogen (secondary N) is 1. The molecule has 1 saturated heterocycles. The summed E-state index contributed by atoms with van der Waals surface area (Å²) in [7, 11) is -3.95. The summed E-state index contributed by atoms with van der Waals surface area (Å²) in [6, 6.07) is 7.37. The molecule has 0 aromatic heterocycles. The zero-order chi connectivity index (χ0) is 17.6. The van der Waals surface area contributed by atoms with Gasteiger partial charge in [0.1, 0.15) is 0 Å². The van der Waals surface area contributed by atoms with Gasteiger partial charge in [-0.1, -0.05) is 17.7 Å². The van der Waals surface area contributed by atoms with E-state index in [-0.39, 0.29) is 19.7 Å². The number of benzene rings is 1. The smallest absolute Gasteiger partial charge is 0.352 e. The van der Waals surface area contributed by atoms with Crippen LogP contribution in [-0.2, 0) is 24.3 Å². The Kier molecular flexibility index (Phi) is 6.36. The van der Waals surface area contributed by atoms with Crippen molar-refractivity contribution in [3.63, 3.8) is 0 Å². The molecule has 8 heteroatoms. The number of hydrogen-bond donors (Lipinski definition) is 1. The minimum absolute atomic E-state index is 0.0966. The van der Waals surface area contributed by atoms with Crippen molar-refractivity contribution in [3.05, 3.63) is 40.9 Å². The maximum atomic E-state index is 12.7. The van der Waals surface area contributed by atoms with Gasteiger partial charge < -0.3 is 14.8 Å². The van der Waals surface area contributed by atoms with Gasteiger partial charge in [-0.15, -0.1) is 0 Å². The van der Waals surface area contributed by atoms with Gasteiger partial charge >= 0.3 is 5.97 Å². The van der Waals surface area contributed by atoms with Gasteiger partial charge in [-0.2, -0.15) is 4.31 Å². The van der Waals surface area contributed by atoms with Crippen molar-refractivity contribution < 1.29 is 22.7 Å². The SMILES string of the molecule is CCOC(=O)C(=CNc1ccc(C)cc1)S(=O)(=O)N1CCOCC1. The molecular weight excluding hydrogens is 332 g/mol. The molecule has 1 aliphatic heterocycles. The van der Waals surface area contributed by atoms with Crippen LogP contribution >= 0.6 is 0 Å². The van der Waals surface area contributed by atoms with E-state index in [2.05, 4.69) is 5.32 Å². The third-order valence-corrected chi connectivity index (χ3v) is 5.37. The molecule has 0 spiro atoms. The molecule has 1 fully saturated rings. The van der Waals surface area contributed by atoms with Crippen molar-refractivity contribution in [3.8, 4) is 0 Å². The van der Waals surface area contributed by atoms with Gasteiger partial charge in [-0.3, -0.25) is 0 Å². The van der Waals surface area contributed by atoms with Crippen LogP contribution in [-0.4, -0.2) is 51.6 Å². The summed E-state index contributed by atoms with van der Waals surface area (Å²) in [5.74, 6) is -0.872. The minimum Gasteiger partial charge on any atom is -0.462 e. The van der Waals surface area contributed by atoms with Crippen LogP contribution in [0.5, 0.6) is 0 Å². The Hall–Kier alpha value is -1.90. The quantitative estimate of drug-likeness (QED) is 0.615. The molecule has 0 amide bonds. The number of esters is 1. The highest BCUT2D eigenvalue weighted by Gasteiger charge is 2.33. The molecule has 0 bridgehead atoms. The second kappa shape index (κ2) is 8.27. The maximum Gasteiger partial charge on any atom is 0.352 e. The Morgan fingerprint density at radius 2 is 1.92 bits per heavy atom. The topological polar surface area (TPSA) is 84.9 Å². The van der Waals surface area contributed by atoms with Gasteiger partial charge in [-0.05, 0) is 26.0 Å². The zero-order valence-corrected chi connectivity index (χ0v) is 14.6. The fraction of sp³-hybridized carbons (Fsp3) is 0.438. The molecule has 132 valence electrons. The first-order chi connectivity index (χ1) is 11.4. The predicted molar refractivity (Wildman–Crippen MR) is 90.8 cm³/mol. The average Bonchev–Trinajstić information content (AvgIpc) is 2.57. The minimum atomic E-state index is -3.95. The number of morpholine rings is 1. The van der Waals surface area contributed by atoms with E-state index in [1.807, 2.05) is 19.1 Å². The number of rotatable bonds is 6. The first kappa shape index (κ1) is 18.4. The molecule has 1 aromatic carbocycles. The van der Waals surface area contributed by atoms with Crippen LogP contribution < -0.4 is 5.32 Å². The largest absolute Gasteiger partial charge is 0.462 e. The van der Waals surface area contributed by atoms with Gasteiger partial charge in [-0.25, -0.2) is 13.2 Å². The van der Waals surface area contributed by atoms with E-state index < -0.39 is 20.9 Å². The normalized spacial score (nSPS) is 16.7. The number of carbonyl (C=O) groups is 1. The molecule has 1 aliphatic rings. The highest BCUT2D eigenvalue weighted by molar-refractivity contribution is 7.94. The number of sulfonamides is 1. The van der Waals surface area contributed by atoms with Crippen LogP contribution in [0.4, 0.5) is 5.69 Å². The average molecular weight is 354 g/mol. The first-order valence-electron chi connectivity index (χ1n) is 7.73. The highest BCUT2D eigenvalue weighted by atomic mass is 32.2. The highest BCUT2D eigenvalue weighted by Crippen LogP contribution is 2.18. The molecule has 0 saturated carbocycles. The number of ether oxygens (including phenoxy) is 2. The van der Waals surface area contributed by atoms with Crippen molar-refractivity contribution in [2.24, 2.45) is 0 Å². The Bertz CT molecular complexity index is 692. The van der Waals surface area contributed by atoms with Gasteiger partial charge in [0.05, 0.1) is 19.8 Å². The monoisotopic (exact) mass is 354 g/mol. The third kappa shape index (κ3) is 4.56. The van der Waals surface area contributed by atoms with E-state index in [4.69, 9.17) is 9.47 Å². The zero-order valence-electron chi connectivity index (χ0n) is 13.8. The Morgan fingerprint density at radius 1 is 1.29 bits per heavy atom. The summed E-state index contributed by atoms with van der Waals surface area (Å²) in [6.07, 6.45) is 1.19. The van der Waals surface area contributed by atoms with Crippen LogP contribution in [0.25, 0.3) is 0 Å². The lowest BCUT2D eigenvalue weighted by Crippen LogP contribution is -2.42. The summed E-state index contributed by atoms with van der Waals surface area (Å²) in [5.41, 5.74) is 1.76. The molecule has 24 heavy (non-hydrogen) atoms. The molecule has 0 unspecified atom stereocenters. The molecular formula is C16H22N2O5S. The molecule has 1 aromatic rings. The fourth-order valence-electron chi connectivity index (χ4n) is 2.17. The van der Waals surface area contributed by atoms with E-state index in [1.165, 1.54) is 10.5 Å². The standard InChI is InChI=1S/C16H22N2O5S/c1-3-23-16(19)15(12-17-14-6-4-13(2)5-7-14)24(20,21)18-8-10-22-11-9-18/h4-7,12,17H,3,8-11H2,1-2H3. The van der Waals surface area contributed by atoms with E-state index in [0.717, 1.165) is 5.56 Å². The Morgan fingerprint density at radius 3 is 2.50 bits per heavy atom. The summed E-state index contributed by atoms with van der Waals surface area (Å²) in [6.45, 7) is 4.71. The summed E-state index contributed by atoms with van der Waals surface area (Å²) in [4.78, 5) is 11.7. The summed E-state index contributed by atoms with van der Waals surface area (Å²) in [5, 5.41) is 2.86. The third-order valence-electron chi connectivity index (χ3n) is 3.49. The van der Waals surface area contributed by atoms with Crippen molar-refractivity contribution in [2.45, 2.75) is 13.8 Å². The van der Waals surface area contributed by atoms with Crippen LogP contribution in [0.2, 0.25) is 0 Å². The second-order valence-corrected chi connectivity index (χ2v) is 7.16. The van der Waals surface area contributed by atoms with Crippen molar-refractivity contribution in [1.82, 2.24) is 4.31 Å². The number of carbonyl (C=O) groups excluding carboxylic acids is 1. The number of anilines is 1. The van der Waals surface area contributed by atoms with Crippen molar-refractivity contribution in [2.75, 3.05) is 38.2 Å². The Labute approximate surface area is 142 Å². The van der Waals surface area contributed by atoms with E-state index >= 15 is 0 Å². The molecule has 0 aliphatic carbocycles. The van der Waals surface area contributed by atoms with E-state index in [9.17, 15) is 13.2 Å². The van der Waals surface area contributed by atoms with Crippen molar-refractivity contribution >= 4 is 21.7 Å².